The van der Waals surface area contributed by atoms with Crippen LogP contribution >= 0.6 is 0 Å². The van der Waals surface area contributed by atoms with Crippen molar-refractivity contribution in [1.82, 2.24) is 10.6 Å². The Morgan fingerprint density at radius 1 is 1.38 bits per heavy atom. The molecule has 1 fully saturated rings. The molecule has 0 bridgehead atoms. The van der Waals surface area contributed by atoms with Crippen molar-refractivity contribution < 1.29 is 14.7 Å². The lowest BCUT2D eigenvalue weighted by atomic mass is 9.70. The van der Waals surface area contributed by atoms with Gasteiger partial charge in [-0.25, -0.2) is 9.59 Å². The molecule has 0 aromatic rings. The van der Waals surface area contributed by atoms with Crippen LogP contribution in [-0.4, -0.2) is 29.2 Å². The van der Waals surface area contributed by atoms with Gasteiger partial charge in [0, 0.05) is 6.54 Å². The summed E-state index contributed by atoms with van der Waals surface area (Å²) in [5.74, 6) is -1.04. The number of hydrogen-bond donors (Lipinski definition) is 3. The summed E-state index contributed by atoms with van der Waals surface area (Å²) in [6.07, 6.45) is 3.45. The molecule has 1 saturated carbocycles. The van der Waals surface area contributed by atoms with Crippen molar-refractivity contribution in [3.05, 3.63) is 0 Å². The molecular formula is C11H20N2O3. The fraction of sp³-hybridized carbons (Fsp3) is 0.818. The van der Waals surface area contributed by atoms with Crippen molar-refractivity contribution in [3.8, 4) is 0 Å². The summed E-state index contributed by atoms with van der Waals surface area (Å²) in [4.78, 5) is 22.2. The fourth-order valence-electron chi connectivity index (χ4n) is 1.63. The van der Waals surface area contributed by atoms with Crippen LogP contribution in [0.4, 0.5) is 4.79 Å². The van der Waals surface area contributed by atoms with Gasteiger partial charge in [0.15, 0.2) is 0 Å². The number of carboxylic acid groups (broad SMARTS) is 1. The van der Waals surface area contributed by atoms with E-state index >= 15 is 0 Å². The highest BCUT2D eigenvalue weighted by Crippen LogP contribution is 2.39. The van der Waals surface area contributed by atoms with Crippen LogP contribution in [-0.2, 0) is 4.79 Å². The van der Waals surface area contributed by atoms with E-state index in [-0.39, 0.29) is 5.41 Å². The van der Waals surface area contributed by atoms with E-state index in [1.165, 1.54) is 20.3 Å². The third-order valence-electron chi connectivity index (χ3n) is 3.20. The molecule has 2 amide bonds. The molecule has 0 aromatic carbocycles. The van der Waals surface area contributed by atoms with Gasteiger partial charge >= 0.3 is 12.0 Å². The third-order valence-corrected chi connectivity index (χ3v) is 3.20. The van der Waals surface area contributed by atoms with Crippen LogP contribution in [0.25, 0.3) is 0 Å². The van der Waals surface area contributed by atoms with E-state index in [0.717, 1.165) is 12.8 Å². The van der Waals surface area contributed by atoms with Crippen molar-refractivity contribution >= 4 is 12.0 Å². The maximum Gasteiger partial charge on any atom is 0.328 e. The van der Waals surface area contributed by atoms with Gasteiger partial charge in [0.2, 0.25) is 0 Å². The van der Waals surface area contributed by atoms with Crippen molar-refractivity contribution in [1.29, 1.82) is 0 Å². The van der Waals surface area contributed by atoms with Gasteiger partial charge in [0.1, 0.15) is 5.54 Å². The zero-order valence-electron chi connectivity index (χ0n) is 10.1. The molecule has 0 aliphatic heterocycles. The Bertz CT molecular complexity index is 296. The number of carbonyl (C=O) groups is 2. The predicted molar refractivity (Wildman–Crippen MR) is 60.2 cm³/mol. The zero-order valence-corrected chi connectivity index (χ0v) is 10.1. The Hall–Kier alpha value is -1.26. The lowest BCUT2D eigenvalue weighted by Gasteiger charge is -2.38. The molecule has 1 aliphatic rings. The largest absolute Gasteiger partial charge is 0.480 e. The molecule has 1 aliphatic carbocycles. The van der Waals surface area contributed by atoms with E-state index in [4.69, 9.17) is 5.11 Å². The Morgan fingerprint density at radius 3 is 2.31 bits per heavy atom. The molecule has 0 aromatic heterocycles. The second-order valence-electron chi connectivity index (χ2n) is 5.40. The monoisotopic (exact) mass is 228 g/mol. The van der Waals surface area contributed by atoms with Gasteiger partial charge < -0.3 is 15.7 Å². The van der Waals surface area contributed by atoms with Crippen molar-refractivity contribution in [2.75, 3.05) is 6.54 Å². The van der Waals surface area contributed by atoms with Gasteiger partial charge in [-0.05, 0) is 32.1 Å². The first-order valence-corrected chi connectivity index (χ1v) is 5.55. The molecule has 0 radical (unpaired) electrons. The van der Waals surface area contributed by atoms with Crippen LogP contribution in [0.2, 0.25) is 0 Å². The highest BCUT2D eigenvalue weighted by atomic mass is 16.4. The summed E-state index contributed by atoms with van der Waals surface area (Å²) in [6.45, 7) is 5.65. The first kappa shape index (κ1) is 12.8. The minimum atomic E-state index is -1.23. The van der Waals surface area contributed by atoms with E-state index in [1.807, 2.05) is 0 Å². The van der Waals surface area contributed by atoms with E-state index in [1.54, 1.807) is 0 Å². The average molecular weight is 228 g/mol. The summed E-state index contributed by atoms with van der Waals surface area (Å²) in [7, 11) is 0. The SMILES string of the molecule is CC1(CNC(=O)NC(C)(C)C(=O)O)CCC1. The molecular weight excluding hydrogens is 208 g/mol. The summed E-state index contributed by atoms with van der Waals surface area (Å²) in [6, 6.07) is -0.416. The normalized spacial score (nSPS) is 18.4. The first-order valence-electron chi connectivity index (χ1n) is 5.55. The zero-order chi connectivity index (χ0) is 12.4. The van der Waals surface area contributed by atoms with E-state index in [2.05, 4.69) is 17.6 Å². The molecule has 0 atom stereocenters. The van der Waals surface area contributed by atoms with Crippen LogP contribution in [0.1, 0.15) is 40.0 Å². The quantitative estimate of drug-likeness (QED) is 0.679. The van der Waals surface area contributed by atoms with Crippen LogP contribution in [0.3, 0.4) is 0 Å². The lowest BCUT2D eigenvalue weighted by Crippen LogP contribution is -2.54. The minimum Gasteiger partial charge on any atom is -0.480 e. The van der Waals surface area contributed by atoms with Crippen molar-refractivity contribution in [2.24, 2.45) is 5.41 Å². The first-order chi connectivity index (χ1) is 7.25. The molecule has 0 saturated heterocycles. The molecule has 0 unspecified atom stereocenters. The molecule has 5 heteroatoms. The van der Waals surface area contributed by atoms with Crippen LogP contribution in [0.5, 0.6) is 0 Å². The van der Waals surface area contributed by atoms with E-state index in [0.29, 0.717) is 6.54 Å². The van der Waals surface area contributed by atoms with Crippen molar-refractivity contribution in [2.45, 2.75) is 45.6 Å². The van der Waals surface area contributed by atoms with Crippen LogP contribution in [0, 0.1) is 5.41 Å². The summed E-state index contributed by atoms with van der Waals surface area (Å²) >= 11 is 0. The summed E-state index contributed by atoms with van der Waals surface area (Å²) in [5.41, 5.74) is -1.03. The number of aliphatic carboxylic acids is 1. The molecule has 16 heavy (non-hydrogen) atoms. The highest BCUT2D eigenvalue weighted by molar-refractivity contribution is 5.85. The molecule has 1 rings (SSSR count). The number of carbonyl (C=O) groups excluding carboxylic acids is 1. The number of urea groups is 1. The molecule has 5 nitrogen and oxygen atoms in total. The predicted octanol–water partition coefficient (Wildman–Crippen LogP) is 1.34. The summed E-state index contributed by atoms with van der Waals surface area (Å²) < 4.78 is 0. The maximum atomic E-state index is 11.5. The van der Waals surface area contributed by atoms with Crippen LogP contribution < -0.4 is 10.6 Å². The van der Waals surface area contributed by atoms with Gasteiger partial charge in [-0.3, -0.25) is 0 Å². The third kappa shape index (κ3) is 3.12. The Kier molecular flexibility index (Phi) is 3.45. The average Bonchev–Trinajstić information content (AvgIpc) is 2.10. The highest BCUT2D eigenvalue weighted by Gasteiger charge is 2.33. The molecule has 0 spiro atoms. The van der Waals surface area contributed by atoms with E-state index in [9.17, 15) is 9.59 Å². The number of nitrogens with one attached hydrogen (secondary N) is 2. The Labute approximate surface area is 95.6 Å². The number of amides is 2. The lowest BCUT2D eigenvalue weighted by molar-refractivity contribution is -0.142. The molecule has 3 N–H and O–H groups in total. The molecule has 92 valence electrons. The summed E-state index contributed by atoms with van der Waals surface area (Å²) in [5, 5.41) is 14.0. The van der Waals surface area contributed by atoms with Gasteiger partial charge in [-0.1, -0.05) is 13.3 Å². The molecule has 0 heterocycles. The van der Waals surface area contributed by atoms with Gasteiger partial charge in [-0.2, -0.15) is 0 Å². The second kappa shape index (κ2) is 4.31. The standard InChI is InChI=1S/C11H20N2O3/c1-10(2,8(14)15)13-9(16)12-7-11(3)5-4-6-11/h4-7H2,1-3H3,(H,14,15)(H2,12,13,16). The smallest absolute Gasteiger partial charge is 0.328 e. The second-order valence-corrected chi connectivity index (χ2v) is 5.40. The topological polar surface area (TPSA) is 78.4 Å². The van der Waals surface area contributed by atoms with Gasteiger partial charge in [0.25, 0.3) is 0 Å². The number of carboxylic acids is 1. The number of rotatable bonds is 4. The fourth-order valence-corrected chi connectivity index (χ4v) is 1.63. The Morgan fingerprint density at radius 2 is 1.94 bits per heavy atom. The van der Waals surface area contributed by atoms with Crippen LogP contribution in [0.15, 0.2) is 0 Å². The Balaban J connectivity index is 2.33. The maximum absolute atomic E-state index is 11.5. The minimum absolute atomic E-state index is 0.199. The number of hydrogen-bond acceptors (Lipinski definition) is 2. The van der Waals surface area contributed by atoms with Gasteiger partial charge in [0.05, 0.1) is 0 Å². The van der Waals surface area contributed by atoms with E-state index < -0.39 is 17.5 Å². The van der Waals surface area contributed by atoms with Crippen molar-refractivity contribution in [3.63, 3.8) is 0 Å². The van der Waals surface area contributed by atoms with Gasteiger partial charge in [-0.15, -0.1) is 0 Å².